The second-order valence-electron chi connectivity index (χ2n) is 6.92. The fourth-order valence-electron chi connectivity index (χ4n) is 2.95. The molecule has 154 valence electrons. The van der Waals surface area contributed by atoms with E-state index in [1.807, 2.05) is 49.4 Å². The Bertz CT molecular complexity index is 1320. The van der Waals surface area contributed by atoms with Crippen molar-refractivity contribution in [3.8, 4) is 0 Å². The summed E-state index contributed by atoms with van der Waals surface area (Å²) in [7, 11) is -3.93. The molecule has 4 rings (SSSR count). The number of oxazole rings is 1. The fourth-order valence-corrected chi connectivity index (χ4v) is 5.68. The average Bonchev–Trinajstić information content (AvgIpc) is 3.09. The van der Waals surface area contributed by atoms with E-state index in [-0.39, 0.29) is 10.9 Å². The highest BCUT2D eigenvalue weighted by atomic mass is 35.5. The van der Waals surface area contributed by atoms with E-state index in [1.54, 1.807) is 25.1 Å². The van der Waals surface area contributed by atoms with E-state index in [0.29, 0.717) is 32.3 Å². The fraction of sp³-hybridized carbons (Fsp3) is 0.136. The molecule has 1 aromatic heterocycles. The Morgan fingerprint density at radius 2 is 1.83 bits per heavy atom. The van der Waals surface area contributed by atoms with Crippen molar-refractivity contribution in [2.45, 2.75) is 29.4 Å². The minimum Gasteiger partial charge on any atom is -0.423 e. The summed E-state index contributed by atoms with van der Waals surface area (Å²) < 4.78 is 34.4. The highest BCUT2D eigenvalue weighted by molar-refractivity contribution is 7.99. The van der Waals surface area contributed by atoms with Crippen LogP contribution in [-0.2, 0) is 15.8 Å². The summed E-state index contributed by atoms with van der Waals surface area (Å²) in [5, 5.41) is 0.516. The quantitative estimate of drug-likeness (QED) is 0.349. The summed E-state index contributed by atoms with van der Waals surface area (Å²) in [6, 6.07) is 18.5. The first-order chi connectivity index (χ1) is 14.3. The third kappa shape index (κ3) is 4.48. The van der Waals surface area contributed by atoms with Gasteiger partial charge in [-0.2, -0.15) is 4.98 Å². The SMILES string of the molecule is Cc1ccc2oc(NS(=O)(=O)c3cc(C)c(Cl)cc3SCc3ccccc3)nc2c1. The number of rotatable bonds is 6. The molecule has 0 spiro atoms. The highest BCUT2D eigenvalue weighted by Gasteiger charge is 2.23. The largest absolute Gasteiger partial charge is 0.423 e. The Morgan fingerprint density at radius 3 is 2.60 bits per heavy atom. The third-order valence-electron chi connectivity index (χ3n) is 4.52. The Labute approximate surface area is 184 Å². The predicted molar refractivity (Wildman–Crippen MR) is 122 cm³/mol. The number of anilines is 1. The van der Waals surface area contributed by atoms with Gasteiger partial charge in [0.1, 0.15) is 10.4 Å². The van der Waals surface area contributed by atoms with Gasteiger partial charge >= 0.3 is 6.01 Å². The Kier molecular flexibility index (Phi) is 5.77. The summed E-state index contributed by atoms with van der Waals surface area (Å²) in [6.07, 6.45) is 0. The molecule has 30 heavy (non-hydrogen) atoms. The van der Waals surface area contributed by atoms with Crippen molar-refractivity contribution in [3.63, 3.8) is 0 Å². The highest BCUT2D eigenvalue weighted by Crippen LogP contribution is 2.35. The van der Waals surface area contributed by atoms with Crippen LogP contribution in [0.4, 0.5) is 6.01 Å². The molecular weight excluding hydrogens is 440 g/mol. The number of fused-ring (bicyclic) bond motifs is 1. The van der Waals surface area contributed by atoms with E-state index in [9.17, 15) is 8.42 Å². The molecule has 0 aliphatic rings. The van der Waals surface area contributed by atoms with E-state index in [2.05, 4.69) is 9.71 Å². The van der Waals surface area contributed by atoms with Crippen molar-refractivity contribution in [2.75, 3.05) is 4.72 Å². The number of halogens is 1. The van der Waals surface area contributed by atoms with Gasteiger partial charge in [0.25, 0.3) is 10.0 Å². The monoisotopic (exact) mass is 458 g/mol. The molecule has 0 radical (unpaired) electrons. The summed E-state index contributed by atoms with van der Waals surface area (Å²) in [4.78, 5) is 4.96. The van der Waals surface area contributed by atoms with Gasteiger partial charge in [-0.3, -0.25) is 0 Å². The molecule has 0 saturated heterocycles. The molecule has 0 aliphatic carbocycles. The molecule has 0 bridgehead atoms. The van der Waals surface area contributed by atoms with Gasteiger partial charge in [0.05, 0.1) is 0 Å². The molecule has 0 saturated carbocycles. The zero-order valence-corrected chi connectivity index (χ0v) is 18.7. The number of aromatic nitrogens is 1. The van der Waals surface area contributed by atoms with Crippen molar-refractivity contribution in [2.24, 2.45) is 0 Å². The molecule has 1 N–H and O–H groups in total. The Hall–Kier alpha value is -2.48. The lowest BCUT2D eigenvalue weighted by atomic mass is 10.2. The number of sulfonamides is 1. The topological polar surface area (TPSA) is 72.2 Å². The number of benzene rings is 3. The lowest BCUT2D eigenvalue weighted by molar-refractivity contribution is 0.589. The van der Waals surface area contributed by atoms with Gasteiger partial charge in [0.15, 0.2) is 5.58 Å². The predicted octanol–water partition coefficient (Wildman–Crippen LogP) is 6.19. The molecule has 8 heteroatoms. The lowest BCUT2D eigenvalue weighted by Gasteiger charge is -2.12. The number of thioether (sulfide) groups is 1. The number of hydrogen-bond acceptors (Lipinski definition) is 5. The van der Waals surface area contributed by atoms with E-state index in [4.69, 9.17) is 16.0 Å². The third-order valence-corrected chi connectivity index (χ3v) is 7.54. The first kappa shape index (κ1) is 20.8. The van der Waals surface area contributed by atoms with Gasteiger partial charge in [0.2, 0.25) is 0 Å². The molecule has 0 atom stereocenters. The Morgan fingerprint density at radius 1 is 1.07 bits per heavy atom. The molecular formula is C22H19ClN2O3S2. The second-order valence-corrected chi connectivity index (χ2v) is 9.99. The van der Waals surface area contributed by atoms with Gasteiger partial charge in [-0.05, 0) is 54.8 Å². The van der Waals surface area contributed by atoms with Crippen molar-refractivity contribution in [3.05, 3.63) is 82.4 Å². The van der Waals surface area contributed by atoms with Crippen LogP contribution in [0.25, 0.3) is 11.1 Å². The second kappa shape index (κ2) is 8.34. The zero-order chi connectivity index (χ0) is 21.3. The van der Waals surface area contributed by atoms with Crippen molar-refractivity contribution in [1.82, 2.24) is 4.98 Å². The molecule has 5 nitrogen and oxygen atoms in total. The first-order valence-electron chi connectivity index (χ1n) is 9.19. The summed E-state index contributed by atoms with van der Waals surface area (Å²) in [5.41, 5.74) is 3.89. The maximum Gasteiger partial charge on any atom is 0.309 e. The van der Waals surface area contributed by atoms with Gasteiger partial charge in [-0.25, -0.2) is 13.1 Å². The minimum atomic E-state index is -3.93. The number of nitrogens with one attached hydrogen (secondary N) is 1. The van der Waals surface area contributed by atoms with E-state index in [0.717, 1.165) is 11.1 Å². The minimum absolute atomic E-state index is 0.0674. The normalized spacial score (nSPS) is 11.7. The molecule has 0 fully saturated rings. The molecule has 4 aromatic rings. The average molecular weight is 459 g/mol. The molecule has 0 unspecified atom stereocenters. The summed E-state index contributed by atoms with van der Waals surface area (Å²) in [5.74, 6) is 0.616. The standard InChI is InChI=1S/C22H19ClN2O3S2/c1-14-8-9-19-18(10-14)24-22(28-19)25-30(26,27)21-11-15(2)17(23)12-20(21)29-13-16-6-4-3-5-7-16/h3-12H,13H2,1-2H3,(H,24,25). The molecule has 0 amide bonds. The number of aryl methyl sites for hydroxylation is 2. The zero-order valence-electron chi connectivity index (χ0n) is 16.3. The van der Waals surface area contributed by atoms with Crippen LogP contribution in [-0.4, -0.2) is 13.4 Å². The number of nitrogens with zero attached hydrogens (tertiary/aromatic N) is 1. The lowest BCUT2D eigenvalue weighted by Crippen LogP contribution is -2.14. The van der Waals surface area contributed by atoms with Crippen molar-refractivity contribution < 1.29 is 12.8 Å². The van der Waals surface area contributed by atoms with Crippen LogP contribution in [0.1, 0.15) is 16.7 Å². The Balaban J connectivity index is 1.67. The maximum absolute atomic E-state index is 13.2. The van der Waals surface area contributed by atoms with E-state index < -0.39 is 10.0 Å². The van der Waals surface area contributed by atoms with Gasteiger partial charge in [-0.1, -0.05) is 48.0 Å². The van der Waals surface area contributed by atoms with Crippen LogP contribution in [0.2, 0.25) is 5.02 Å². The molecule has 0 aliphatic heterocycles. The van der Waals surface area contributed by atoms with Gasteiger partial charge in [-0.15, -0.1) is 11.8 Å². The maximum atomic E-state index is 13.2. The first-order valence-corrected chi connectivity index (χ1v) is 12.0. The smallest absolute Gasteiger partial charge is 0.309 e. The molecule has 3 aromatic carbocycles. The summed E-state index contributed by atoms with van der Waals surface area (Å²) in [6.45, 7) is 3.71. The van der Waals surface area contributed by atoms with Gasteiger partial charge in [0, 0.05) is 15.7 Å². The van der Waals surface area contributed by atoms with E-state index in [1.165, 1.54) is 11.8 Å². The van der Waals surface area contributed by atoms with Crippen molar-refractivity contribution >= 4 is 50.5 Å². The van der Waals surface area contributed by atoms with E-state index >= 15 is 0 Å². The van der Waals surface area contributed by atoms with Crippen molar-refractivity contribution in [1.29, 1.82) is 0 Å². The van der Waals surface area contributed by atoms with Crippen LogP contribution in [0.5, 0.6) is 0 Å². The number of hydrogen-bond donors (Lipinski definition) is 1. The van der Waals surface area contributed by atoms with Crippen LogP contribution >= 0.6 is 23.4 Å². The molecule has 1 heterocycles. The van der Waals surface area contributed by atoms with Gasteiger partial charge < -0.3 is 4.42 Å². The van der Waals surface area contributed by atoms with Crippen LogP contribution < -0.4 is 4.72 Å². The van der Waals surface area contributed by atoms with Crippen LogP contribution in [0.15, 0.2) is 74.9 Å². The van der Waals surface area contributed by atoms with Crippen LogP contribution in [0, 0.1) is 13.8 Å². The summed E-state index contributed by atoms with van der Waals surface area (Å²) >= 11 is 7.70. The van der Waals surface area contributed by atoms with Crippen LogP contribution in [0.3, 0.4) is 0 Å².